The number of ether oxygens (including phenoxy) is 3. The highest BCUT2D eigenvalue weighted by Crippen LogP contribution is 2.19. The summed E-state index contributed by atoms with van der Waals surface area (Å²) in [6.45, 7) is 4.56. The first kappa shape index (κ1) is 13.9. The molecule has 1 aromatic rings. The monoisotopic (exact) mass is 246 g/mol. The minimum atomic E-state index is -1.00. The summed E-state index contributed by atoms with van der Waals surface area (Å²) in [6.07, 6.45) is -0.576. The van der Waals surface area contributed by atoms with Crippen LogP contribution in [0.3, 0.4) is 0 Å². The maximum atomic E-state index is 13.2. The van der Waals surface area contributed by atoms with E-state index in [-0.39, 0.29) is 12.4 Å². The van der Waals surface area contributed by atoms with E-state index in [1.165, 1.54) is 12.1 Å². The summed E-state index contributed by atoms with van der Waals surface area (Å²) in [4.78, 5) is 0. The minimum Gasteiger partial charge on any atom is -0.485 e. The fraction of sp³-hybridized carbons (Fsp3) is 0.500. The normalized spacial score (nSPS) is 10.9. The molecule has 0 radical (unpaired) electrons. The van der Waals surface area contributed by atoms with Crippen LogP contribution in [0, 0.1) is 11.6 Å². The van der Waals surface area contributed by atoms with Crippen molar-refractivity contribution in [3.05, 3.63) is 29.8 Å². The predicted octanol–water partition coefficient (Wildman–Crippen LogP) is 2.74. The van der Waals surface area contributed by atoms with Crippen molar-refractivity contribution >= 4 is 0 Å². The molecule has 0 atom stereocenters. The maximum absolute atomic E-state index is 13.2. The van der Waals surface area contributed by atoms with Gasteiger partial charge in [0.1, 0.15) is 6.61 Å². The minimum absolute atomic E-state index is 0.0159. The second-order valence-corrected chi connectivity index (χ2v) is 3.20. The van der Waals surface area contributed by atoms with Crippen LogP contribution in [0.1, 0.15) is 13.8 Å². The lowest BCUT2D eigenvalue weighted by Crippen LogP contribution is -2.25. The molecule has 96 valence electrons. The van der Waals surface area contributed by atoms with Gasteiger partial charge < -0.3 is 14.2 Å². The Bertz CT molecular complexity index is 339. The first-order valence-electron chi connectivity index (χ1n) is 5.49. The second kappa shape index (κ2) is 7.19. The Balaban J connectivity index is 2.55. The summed E-state index contributed by atoms with van der Waals surface area (Å²) in [5, 5.41) is 0. The molecule has 0 saturated carbocycles. The van der Waals surface area contributed by atoms with Crippen LogP contribution in [0.4, 0.5) is 8.78 Å². The van der Waals surface area contributed by atoms with Crippen LogP contribution in [-0.2, 0) is 9.47 Å². The molecular formula is C12H16F2O3. The van der Waals surface area contributed by atoms with Crippen molar-refractivity contribution in [2.24, 2.45) is 0 Å². The van der Waals surface area contributed by atoms with Gasteiger partial charge in [-0.3, -0.25) is 0 Å². The Kier molecular flexibility index (Phi) is 5.86. The van der Waals surface area contributed by atoms with Crippen molar-refractivity contribution < 1.29 is 23.0 Å². The van der Waals surface area contributed by atoms with Crippen molar-refractivity contribution in [3.63, 3.8) is 0 Å². The van der Waals surface area contributed by atoms with Crippen LogP contribution < -0.4 is 4.74 Å². The molecule has 0 aliphatic carbocycles. The molecule has 0 saturated heterocycles. The first-order valence-corrected chi connectivity index (χ1v) is 5.49. The summed E-state index contributed by atoms with van der Waals surface area (Å²) >= 11 is 0. The van der Waals surface area contributed by atoms with E-state index < -0.39 is 17.9 Å². The lowest BCUT2D eigenvalue weighted by molar-refractivity contribution is -0.152. The molecular weight excluding hydrogens is 230 g/mol. The van der Waals surface area contributed by atoms with E-state index in [1.807, 2.05) is 13.8 Å². The summed E-state index contributed by atoms with van der Waals surface area (Å²) in [5.74, 6) is -2.08. The van der Waals surface area contributed by atoms with Gasteiger partial charge in [-0.05, 0) is 26.0 Å². The van der Waals surface area contributed by atoms with E-state index in [1.54, 1.807) is 0 Å². The Morgan fingerprint density at radius 2 is 1.76 bits per heavy atom. The van der Waals surface area contributed by atoms with Crippen molar-refractivity contribution in [2.45, 2.75) is 20.1 Å². The average molecular weight is 246 g/mol. The molecule has 0 N–H and O–H groups in total. The molecule has 1 aromatic carbocycles. The topological polar surface area (TPSA) is 27.7 Å². The van der Waals surface area contributed by atoms with Gasteiger partial charge in [0, 0.05) is 13.2 Å². The van der Waals surface area contributed by atoms with Gasteiger partial charge in [-0.1, -0.05) is 6.07 Å². The number of benzene rings is 1. The van der Waals surface area contributed by atoms with Gasteiger partial charge in [-0.15, -0.1) is 0 Å². The van der Waals surface area contributed by atoms with Crippen LogP contribution in [0.15, 0.2) is 18.2 Å². The average Bonchev–Trinajstić information content (AvgIpc) is 2.31. The zero-order valence-electron chi connectivity index (χ0n) is 9.91. The first-order chi connectivity index (χ1) is 8.19. The molecule has 0 fully saturated rings. The third-order valence-corrected chi connectivity index (χ3v) is 2.00. The van der Waals surface area contributed by atoms with E-state index in [2.05, 4.69) is 0 Å². The van der Waals surface area contributed by atoms with Crippen LogP contribution in [-0.4, -0.2) is 26.1 Å². The Morgan fingerprint density at radius 1 is 1.12 bits per heavy atom. The highest BCUT2D eigenvalue weighted by molar-refractivity contribution is 5.24. The van der Waals surface area contributed by atoms with Crippen LogP contribution in [0.5, 0.6) is 5.75 Å². The summed E-state index contributed by atoms with van der Waals surface area (Å²) in [7, 11) is 0. The highest BCUT2D eigenvalue weighted by atomic mass is 19.2. The fourth-order valence-electron chi connectivity index (χ4n) is 1.27. The molecule has 0 heterocycles. The van der Waals surface area contributed by atoms with Crippen molar-refractivity contribution in [1.82, 2.24) is 0 Å². The van der Waals surface area contributed by atoms with E-state index in [9.17, 15) is 8.78 Å². The zero-order valence-corrected chi connectivity index (χ0v) is 9.91. The van der Waals surface area contributed by atoms with Gasteiger partial charge in [0.2, 0.25) is 5.82 Å². The van der Waals surface area contributed by atoms with Crippen molar-refractivity contribution in [3.8, 4) is 5.75 Å². The molecule has 1 rings (SSSR count). The second-order valence-electron chi connectivity index (χ2n) is 3.20. The molecule has 0 aromatic heterocycles. The van der Waals surface area contributed by atoms with Gasteiger partial charge >= 0.3 is 0 Å². The highest BCUT2D eigenvalue weighted by Gasteiger charge is 2.13. The standard InChI is InChI=1S/C12H16F2O3/c1-3-15-11(16-4-2)8-17-10-7-5-6-9(13)12(10)14/h5-7,11H,3-4,8H2,1-2H3. The lowest BCUT2D eigenvalue weighted by Gasteiger charge is -2.17. The Labute approximate surface area is 99.3 Å². The van der Waals surface area contributed by atoms with E-state index in [4.69, 9.17) is 14.2 Å². The quantitative estimate of drug-likeness (QED) is 0.692. The molecule has 17 heavy (non-hydrogen) atoms. The van der Waals surface area contributed by atoms with Gasteiger partial charge in [0.25, 0.3) is 0 Å². The van der Waals surface area contributed by atoms with Gasteiger partial charge in [0.15, 0.2) is 17.9 Å². The smallest absolute Gasteiger partial charge is 0.200 e. The van der Waals surface area contributed by atoms with E-state index >= 15 is 0 Å². The van der Waals surface area contributed by atoms with Crippen molar-refractivity contribution in [2.75, 3.05) is 19.8 Å². The van der Waals surface area contributed by atoms with Gasteiger partial charge in [-0.25, -0.2) is 4.39 Å². The fourth-order valence-corrected chi connectivity index (χ4v) is 1.27. The molecule has 3 nitrogen and oxygen atoms in total. The van der Waals surface area contributed by atoms with Crippen LogP contribution >= 0.6 is 0 Å². The van der Waals surface area contributed by atoms with E-state index in [0.29, 0.717) is 13.2 Å². The summed E-state index contributed by atoms with van der Waals surface area (Å²) in [6, 6.07) is 3.77. The molecule has 0 amide bonds. The molecule has 0 spiro atoms. The van der Waals surface area contributed by atoms with Gasteiger partial charge in [0.05, 0.1) is 0 Å². The van der Waals surface area contributed by atoms with E-state index in [0.717, 1.165) is 6.07 Å². The molecule has 0 bridgehead atoms. The molecule has 0 aliphatic rings. The van der Waals surface area contributed by atoms with Gasteiger partial charge in [-0.2, -0.15) is 4.39 Å². The van der Waals surface area contributed by atoms with Crippen molar-refractivity contribution in [1.29, 1.82) is 0 Å². The molecule has 5 heteroatoms. The number of halogens is 2. The Hall–Kier alpha value is -1.20. The number of rotatable bonds is 7. The Morgan fingerprint density at radius 3 is 2.35 bits per heavy atom. The zero-order chi connectivity index (χ0) is 12.7. The third-order valence-electron chi connectivity index (χ3n) is 2.00. The summed E-state index contributed by atoms with van der Waals surface area (Å²) < 4.78 is 41.7. The summed E-state index contributed by atoms with van der Waals surface area (Å²) in [5.41, 5.74) is 0. The number of hydrogen-bond acceptors (Lipinski definition) is 3. The van der Waals surface area contributed by atoms with Crippen LogP contribution in [0.2, 0.25) is 0 Å². The van der Waals surface area contributed by atoms with Crippen LogP contribution in [0.25, 0.3) is 0 Å². The largest absolute Gasteiger partial charge is 0.485 e. The predicted molar refractivity (Wildman–Crippen MR) is 58.9 cm³/mol. The maximum Gasteiger partial charge on any atom is 0.200 e. The molecule has 0 unspecified atom stereocenters. The SMILES string of the molecule is CCOC(COc1cccc(F)c1F)OCC. The third kappa shape index (κ3) is 4.28. The lowest BCUT2D eigenvalue weighted by atomic mass is 10.3. The number of hydrogen-bond donors (Lipinski definition) is 0. The molecule has 0 aliphatic heterocycles.